The van der Waals surface area contributed by atoms with E-state index in [1.165, 1.54) is 19.2 Å². The number of hydrogen-bond donors (Lipinski definition) is 0. The van der Waals surface area contributed by atoms with Crippen LogP contribution in [0.4, 0.5) is 0 Å². The zero-order valence-corrected chi connectivity index (χ0v) is 18.7. The third-order valence-corrected chi connectivity index (χ3v) is 5.43. The Morgan fingerprint density at radius 2 is 1.94 bits per heavy atom. The van der Waals surface area contributed by atoms with Crippen molar-refractivity contribution in [2.75, 3.05) is 6.61 Å². The number of pyridine rings is 1. The van der Waals surface area contributed by atoms with Gasteiger partial charge in [-0.25, -0.2) is 4.98 Å². The summed E-state index contributed by atoms with van der Waals surface area (Å²) in [5, 5.41) is 12.8. The number of carbonyl (C=O) groups excluding carboxylic acids is 3. The Morgan fingerprint density at radius 3 is 2.47 bits per heavy atom. The molecule has 0 saturated carbocycles. The van der Waals surface area contributed by atoms with Crippen molar-refractivity contribution < 1.29 is 33.3 Å². The quantitative estimate of drug-likeness (QED) is 0.184. The highest BCUT2D eigenvalue weighted by atomic mass is 35.5. The molecule has 0 radical (unpaired) electrons. The van der Waals surface area contributed by atoms with E-state index in [0.717, 1.165) is 25.6 Å². The van der Waals surface area contributed by atoms with Gasteiger partial charge in [0.25, 0.3) is 0 Å². The van der Waals surface area contributed by atoms with Crippen LogP contribution in [-0.4, -0.2) is 59.3 Å². The van der Waals surface area contributed by atoms with E-state index in [1.54, 1.807) is 0 Å². The number of carbonyl (C=O) groups is 3. The summed E-state index contributed by atoms with van der Waals surface area (Å²) in [6.45, 7) is 3.16. The van der Waals surface area contributed by atoms with Crippen molar-refractivity contribution in [1.82, 2.24) is 4.98 Å². The molecular weight excluding hydrogens is 466 g/mol. The first-order chi connectivity index (χ1) is 15.2. The summed E-state index contributed by atoms with van der Waals surface area (Å²) < 4.78 is 21.6. The number of esters is 3. The smallest absolute Gasteiger partial charge is 0.303 e. The van der Waals surface area contributed by atoms with Gasteiger partial charge in [-0.1, -0.05) is 28.5 Å². The van der Waals surface area contributed by atoms with Crippen LogP contribution >= 0.6 is 23.4 Å². The average molecular weight is 484 g/mol. The van der Waals surface area contributed by atoms with Crippen LogP contribution in [0.3, 0.4) is 0 Å². The normalized spacial score (nSPS) is 24.4. The number of thioether (sulfide) groups is 1. The molecule has 0 amide bonds. The molecule has 2 rings (SSSR count). The van der Waals surface area contributed by atoms with E-state index in [1.807, 2.05) is 6.07 Å². The van der Waals surface area contributed by atoms with Crippen LogP contribution in [0.2, 0.25) is 5.02 Å². The molecule has 1 aliphatic rings. The van der Waals surface area contributed by atoms with Crippen LogP contribution in [0.5, 0.6) is 0 Å². The third-order valence-electron chi connectivity index (χ3n) is 4.03. The maximum Gasteiger partial charge on any atom is 0.303 e. The number of hydrogen-bond acceptors (Lipinski definition) is 11. The SMILES string of the molecule is CC(=O)OCC1O[C@H](Sc2cnc(C#N)c(Cl)c2)C(OC(C)=O)C(N=[N+]=[N-])[C@H]1OC(C)=O. The molecule has 14 heteroatoms. The molecule has 0 N–H and O–H groups in total. The zero-order valence-electron chi connectivity index (χ0n) is 17.1. The van der Waals surface area contributed by atoms with Crippen molar-refractivity contribution in [2.24, 2.45) is 5.11 Å². The summed E-state index contributed by atoms with van der Waals surface area (Å²) >= 11 is 7.05. The summed E-state index contributed by atoms with van der Waals surface area (Å²) in [6, 6.07) is 2.11. The fourth-order valence-electron chi connectivity index (χ4n) is 2.87. The number of rotatable bonds is 7. The van der Waals surface area contributed by atoms with Gasteiger partial charge in [-0.2, -0.15) is 5.26 Å². The lowest BCUT2D eigenvalue weighted by atomic mass is 9.97. The van der Waals surface area contributed by atoms with Gasteiger partial charge in [-0.05, 0) is 11.6 Å². The predicted molar refractivity (Wildman–Crippen MR) is 109 cm³/mol. The van der Waals surface area contributed by atoms with Crippen molar-refractivity contribution in [3.05, 3.63) is 33.4 Å². The molecule has 1 aromatic heterocycles. The summed E-state index contributed by atoms with van der Waals surface area (Å²) in [5.74, 6) is -2.01. The van der Waals surface area contributed by atoms with Crippen molar-refractivity contribution in [2.45, 2.75) is 55.5 Å². The number of ether oxygens (including phenoxy) is 4. The van der Waals surface area contributed by atoms with Gasteiger partial charge >= 0.3 is 17.9 Å². The van der Waals surface area contributed by atoms with Gasteiger partial charge in [0.1, 0.15) is 42.5 Å². The van der Waals surface area contributed by atoms with Gasteiger partial charge in [-0.15, -0.1) is 0 Å². The highest BCUT2D eigenvalue weighted by Crippen LogP contribution is 2.38. The lowest BCUT2D eigenvalue weighted by Crippen LogP contribution is -2.59. The molecule has 0 spiro atoms. The summed E-state index contributed by atoms with van der Waals surface area (Å²) in [6.07, 6.45) is -2.05. The Hall–Kier alpha value is -3.04. The molecule has 1 aliphatic heterocycles. The predicted octanol–water partition coefficient (Wildman–Crippen LogP) is 2.53. The lowest BCUT2D eigenvalue weighted by molar-refractivity contribution is -0.201. The molecule has 12 nitrogen and oxygen atoms in total. The fourth-order valence-corrected chi connectivity index (χ4v) is 4.26. The van der Waals surface area contributed by atoms with Crippen molar-refractivity contribution in [3.63, 3.8) is 0 Å². The van der Waals surface area contributed by atoms with E-state index in [2.05, 4.69) is 15.0 Å². The van der Waals surface area contributed by atoms with Gasteiger partial charge in [0.15, 0.2) is 5.69 Å². The van der Waals surface area contributed by atoms with Gasteiger partial charge in [0, 0.05) is 36.8 Å². The summed E-state index contributed by atoms with van der Waals surface area (Å²) in [5.41, 5.74) is 8.11. The molecule has 0 bridgehead atoms. The number of halogens is 1. The molecule has 0 aliphatic carbocycles. The maximum absolute atomic E-state index is 11.8. The fraction of sp³-hybridized carbons (Fsp3) is 0.500. The number of aromatic nitrogens is 1. The monoisotopic (exact) mass is 483 g/mol. The topological polar surface area (TPSA) is 174 Å². The van der Waals surface area contributed by atoms with Crippen molar-refractivity contribution in [1.29, 1.82) is 5.26 Å². The third kappa shape index (κ3) is 6.73. The first-order valence-corrected chi connectivity index (χ1v) is 10.3. The second-order valence-corrected chi connectivity index (χ2v) is 8.00. The van der Waals surface area contributed by atoms with Crippen LogP contribution in [-0.2, 0) is 33.3 Å². The minimum Gasteiger partial charge on any atom is -0.463 e. The van der Waals surface area contributed by atoms with Crippen LogP contribution < -0.4 is 0 Å². The Bertz CT molecular complexity index is 981. The van der Waals surface area contributed by atoms with Gasteiger partial charge in [0.05, 0.1) is 5.02 Å². The average Bonchev–Trinajstić information content (AvgIpc) is 2.70. The van der Waals surface area contributed by atoms with Crippen LogP contribution in [0.25, 0.3) is 10.4 Å². The van der Waals surface area contributed by atoms with Gasteiger partial charge < -0.3 is 18.9 Å². The van der Waals surface area contributed by atoms with E-state index in [4.69, 9.17) is 41.3 Å². The number of azide groups is 1. The Morgan fingerprint density at radius 1 is 1.28 bits per heavy atom. The Labute approximate surface area is 191 Å². The van der Waals surface area contributed by atoms with Crippen LogP contribution in [0.15, 0.2) is 22.3 Å². The molecule has 1 aromatic rings. The standard InChI is InChI=1S/C18H18ClN5O7S/c1-8(25)28-7-14-16(29-9(2)26)15(23-24-21)17(30-10(3)27)18(31-14)32-11-4-12(19)13(5-20)22-6-11/h4,6,14-18H,7H2,1-3H3/t14?,15?,16-,17?,18+/m0/s1. The molecule has 3 unspecified atom stereocenters. The van der Waals surface area contributed by atoms with Gasteiger partial charge in [-0.3, -0.25) is 14.4 Å². The van der Waals surface area contributed by atoms with Crippen molar-refractivity contribution >= 4 is 41.3 Å². The lowest BCUT2D eigenvalue weighted by Gasteiger charge is -2.43. The second-order valence-electron chi connectivity index (χ2n) is 6.42. The van der Waals surface area contributed by atoms with E-state index in [0.29, 0.717) is 4.90 Å². The molecule has 1 fully saturated rings. The van der Waals surface area contributed by atoms with Crippen LogP contribution in [0, 0.1) is 11.3 Å². The Balaban J connectivity index is 2.46. The van der Waals surface area contributed by atoms with E-state index in [-0.39, 0.29) is 17.3 Å². The number of nitrogens with zero attached hydrogens (tertiary/aromatic N) is 5. The minimum atomic E-state index is -1.20. The molecule has 32 heavy (non-hydrogen) atoms. The van der Waals surface area contributed by atoms with Crippen LogP contribution in [0.1, 0.15) is 26.5 Å². The minimum absolute atomic E-state index is 0.0201. The maximum atomic E-state index is 11.8. The first-order valence-electron chi connectivity index (χ1n) is 9.06. The van der Waals surface area contributed by atoms with E-state index < -0.39 is 47.7 Å². The highest BCUT2D eigenvalue weighted by Gasteiger charge is 2.50. The van der Waals surface area contributed by atoms with Crippen molar-refractivity contribution in [3.8, 4) is 6.07 Å². The molecule has 1 saturated heterocycles. The first kappa shape index (κ1) is 25.2. The Kier molecular flexibility index (Phi) is 9.10. The largest absolute Gasteiger partial charge is 0.463 e. The zero-order chi connectivity index (χ0) is 23.8. The summed E-state index contributed by atoms with van der Waals surface area (Å²) in [4.78, 5) is 41.9. The molecule has 5 atom stereocenters. The molecular formula is C18H18ClN5O7S. The molecule has 2 heterocycles. The van der Waals surface area contributed by atoms with E-state index >= 15 is 0 Å². The summed E-state index contributed by atoms with van der Waals surface area (Å²) in [7, 11) is 0. The van der Waals surface area contributed by atoms with Gasteiger partial charge in [0.2, 0.25) is 0 Å². The molecule has 0 aromatic carbocycles. The molecule has 170 valence electrons. The highest BCUT2D eigenvalue weighted by molar-refractivity contribution is 7.99. The number of nitriles is 1. The van der Waals surface area contributed by atoms with E-state index in [9.17, 15) is 14.4 Å². The second kappa shape index (κ2) is 11.5.